The van der Waals surface area contributed by atoms with Crippen molar-refractivity contribution in [1.29, 1.82) is 0 Å². The molecule has 0 saturated carbocycles. The van der Waals surface area contributed by atoms with Gasteiger partial charge in [-0.05, 0) is 6.07 Å². The molecule has 0 radical (unpaired) electrons. The lowest BCUT2D eigenvalue weighted by Crippen LogP contribution is -2.03. The molecule has 1 N–H and O–H groups in total. The standard InChI is InChI=1S/C24H16N2O.2ClH/c1-2-21(16-10-4-3-5-11-16)27-26-24-18-13-7-6-12-17(18)23-22(24)19-14-8-9-15-20(19)25-23;;/h1,3-15,21,25H;2*1H. The largest absolute Gasteiger partial charge is 0.374 e. The summed E-state index contributed by atoms with van der Waals surface area (Å²) in [5, 5.41) is 5.66. The van der Waals surface area contributed by atoms with E-state index in [4.69, 9.17) is 11.3 Å². The van der Waals surface area contributed by atoms with Crippen LogP contribution in [0.15, 0.2) is 84.0 Å². The highest BCUT2D eigenvalue weighted by molar-refractivity contribution is 6.29. The highest BCUT2D eigenvalue weighted by Gasteiger charge is 2.29. The van der Waals surface area contributed by atoms with E-state index < -0.39 is 6.10 Å². The van der Waals surface area contributed by atoms with Crippen LogP contribution in [0.1, 0.15) is 22.8 Å². The molecule has 0 fully saturated rings. The van der Waals surface area contributed by atoms with Crippen LogP contribution in [0.2, 0.25) is 0 Å². The minimum absolute atomic E-state index is 0. The molecule has 1 atom stereocenters. The molecule has 29 heavy (non-hydrogen) atoms. The predicted molar refractivity (Wildman–Crippen MR) is 123 cm³/mol. The molecule has 5 rings (SSSR count). The molecule has 0 saturated heterocycles. The number of nitrogens with zero attached hydrogens (tertiary/aromatic N) is 1. The van der Waals surface area contributed by atoms with Crippen LogP contribution in [-0.4, -0.2) is 10.7 Å². The fourth-order valence-corrected chi connectivity index (χ4v) is 3.65. The number of nitrogens with one attached hydrogen (secondary N) is 1. The molecular formula is C24H18Cl2N2O. The number of fused-ring (bicyclic) bond motifs is 5. The molecule has 5 heteroatoms. The maximum absolute atomic E-state index is 5.83. The summed E-state index contributed by atoms with van der Waals surface area (Å²) in [5.41, 5.74) is 7.13. The normalized spacial score (nSPS) is 13.6. The number of benzene rings is 3. The number of H-pyrrole nitrogens is 1. The van der Waals surface area contributed by atoms with Gasteiger partial charge in [-0.15, -0.1) is 31.2 Å². The Kier molecular flexibility index (Phi) is 5.98. The minimum atomic E-state index is -0.528. The summed E-state index contributed by atoms with van der Waals surface area (Å²) in [4.78, 5) is 9.35. The maximum Gasteiger partial charge on any atom is 0.212 e. The molecule has 3 aromatic carbocycles. The second-order valence-electron chi connectivity index (χ2n) is 6.47. The smallest absolute Gasteiger partial charge is 0.212 e. The molecular weight excluding hydrogens is 403 g/mol. The van der Waals surface area contributed by atoms with Gasteiger partial charge < -0.3 is 9.82 Å². The fraction of sp³-hybridized carbons (Fsp3) is 0.0417. The molecule has 1 unspecified atom stereocenters. The summed E-state index contributed by atoms with van der Waals surface area (Å²) >= 11 is 0. The Balaban J connectivity index is 0.00000120. The van der Waals surface area contributed by atoms with Gasteiger partial charge >= 0.3 is 0 Å². The first-order valence-electron chi connectivity index (χ1n) is 8.82. The van der Waals surface area contributed by atoms with Crippen molar-refractivity contribution < 1.29 is 4.84 Å². The van der Waals surface area contributed by atoms with E-state index in [9.17, 15) is 0 Å². The van der Waals surface area contributed by atoms with E-state index in [1.165, 1.54) is 0 Å². The number of hydrogen-bond acceptors (Lipinski definition) is 2. The van der Waals surface area contributed by atoms with Gasteiger partial charge in [-0.3, -0.25) is 0 Å². The van der Waals surface area contributed by atoms with Crippen LogP contribution in [0, 0.1) is 12.3 Å². The highest BCUT2D eigenvalue weighted by atomic mass is 35.5. The number of terminal acetylenes is 1. The lowest BCUT2D eigenvalue weighted by atomic mass is 10.1. The zero-order chi connectivity index (χ0) is 18.2. The van der Waals surface area contributed by atoms with Crippen LogP contribution in [0.5, 0.6) is 0 Å². The summed E-state index contributed by atoms with van der Waals surface area (Å²) in [6.45, 7) is 0. The van der Waals surface area contributed by atoms with Gasteiger partial charge in [0.05, 0.1) is 5.69 Å². The Morgan fingerprint density at radius 3 is 2.24 bits per heavy atom. The van der Waals surface area contributed by atoms with Crippen molar-refractivity contribution in [1.82, 2.24) is 4.98 Å². The topological polar surface area (TPSA) is 37.4 Å². The first-order chi connectivity index (χ1) is 13.4. The fourth-order valence-electron chi connectivity index (χ4n) is 3.65. The molecule has 1 heterocycles. The van der Waals surface area contributed by atoms with Crippen molar-refractivity contribution in [2.24, 2.45) is 5.16 Å². The number of aromatic nitrogens is 1. The van der Waals surface area contributed by atoms with Gasteiger partial charge in [-0.1, -0.05) is 83.9 Å². The Morgan fingerprint density at radius 1 is 0.828 bits per heavy atom. The van der Waals surface area contributed by atoms with E-state index in [1.807, 2.05) is 54.6 Å². The zero-order valence-corrected chi connectivity index (χ0v) is 17.0. The predicted octanol–water partition coefficient (Wildman–Crippen LogP) is 6.14. The van der Waals surface area contributed by atoms with Crippen LogP contribution in [0.4, 0.5) is 0 Å². The van der Waals surface area contributed by atoms with Crippen molar-refractivity contribution in [3.63, 3.8) is 0 Å². The van der Waals surface area contributed by atoms with E-state index >= 15 is 0 Å². The molecule has 0 amide bonds. The SMILES string of the molecule is C#CC(ON=C1c2ccccc2-c2[nH]c3ccccc3c21)c1ccccc1.Cl.Cl. The van der Waals surface area contributed by atoms with Gasteiger partial charge in [0.1, 0.15) is 5.71 Å². The van der Waals surface area contributed by atoms with E-state index in [-0.39, 0.29) is 24.8 Å². The van der Waals surface area contributed by atoms with Crippen molar-refractivity contribution in [2.45, 2.75) is 6.10 Å². The van der Waals surface area contributed by atoms with Crippen molar-refractivity contribution in [3.05, 3.63) is 95.6 Å². The monoisotopic (exact) mass is 420 g/mol. The van der Waals surface area contributed by atoms with Gasteiger partial charge in [0, 0.05) is 33.2 Å². The Hall–Kier alpha value is -3.19. The summed E-state index contributed by atoms with van der Waals surface area (Å²) < 4.78 is 0. The molecule has 3 nitrogen and oxygen atoms in total. The number of para-hydroxylation sites is 1. The maximum atomic E-state index is 5.83. The van der Waals surface area contributed by atoms with E-state index in [2.05, 4.69) is 40.3 Å². The highest BCUT2D eigenvalue weighted by Crippen LogP contribution is 2.40. The lowest BCUT2D eigenvalue weighted by Gasteiger charge is -2.10. The molecule has 144 valence electrons. The second kappa shape index (κ2) is 8.45. The van der Waals surface area contributed by atoms with Crippen LogP contribution in [0.3, 0.4) is 0 Å². The van der Waals surface area contributed by atoms with Gasteiger partial charge in [0.2, 0.25) is 6.10 Å². The van der Waals surface area contributed by atoms with E-state index in [0.717, 1.165) is 44.6 Å². The number of halogens is 2. The van der Waals surface area contributed by atoms with Crippen molar-refractivity contribution in [3.8, 4) is 23.6 Å². The molecule has 1 aliphatic carbocycles. The molecule has 1 aromatic heterocycles. The lowest BCUT2D eigenvalue weighted by molar-refractivity contribution is 0.100. The summed E-state index contributed by atoms with van der Waals surface area (Å²) in [6.07, 6.45) is 5.17. The summed E-state index contributed by atoms with van der Waals surface area (Å²) in [5.74, 6) is 2.68. The van der Waals surface area contributed by atoms with Crippen LogP contribution in [-0.2, 0) is 4.84 Å². The van der Waals surface area contributed by atoms with Gasteiger partial charge in [-0.2, -0.15) is 0 Å². The molecule has 0 bridgehead atoms. The van der Waals surface area contributed by atoms with Gasteiger partial charge in [0.25, 0.3) is 0 Å². The van der Waals surface area contributed by atoms with Crippen molar-refractivity contribution >= 4 is 41.4 Å². The second-order valence-corrected chi connectivity index (χ2v) is 6.47. The first-order valence-corrected chi connectivity index (χ1v) is 8.82. The quantitative estimate of drug-likeness (QED) is 0.276. The van der Waals surface area contributed by atoms with Crippen molar-refractivity contribution in [2.75, 3.05) is 0 Å². The summed E-state index contributed by atoms with van der Waals surface area (Å²) in [6, 6.07) is 26.2. The molecule has 0 aliphatic heterocycles. The Bertz CT molecular complexity index is 1220. The third kappa shape index (κ3) is 3.38. The van der Waals surface area contributed by atoms with E-state index in [0.29, 0.717) is 0 Å². The molecule has 0 spiro atoms. The number of oxime groups is 1. The number of rotatable bonds is 3. The van der Waals surface area contributed by atoms with Crippen LogP contribution in [0.25, 0.3) is 22.2 Å². The zero-order valence-electron chi connectivity index (χ0n) is 15.3. The molecule has 1 aliphatic rings. The average Bonchev–Trinajstić information content (AvgIpc) is 3.25. The van der Waals surface area contributed by atoms with Crippen LogP contribution >= 0.6 is 24.8 Å². The minimum Gasteiger partial charge on any atom is -0.374 e. The third-order valence-electron chi connectivity index (χ3n) is 4.90. The van der Waals surface area contributed by atoms with Gasteiger partial charge in [-0.25, -0.2) is 0 Å². The number of hydrogen-bond donors (Lipinski definition) is 1. The molecule has 4 aromatic rings. The Morgan fingerprint density at radius 2 is 1.48 bits per heavy atom. The van der Waals surface area contributed by atoms with Crippen LogP contribution < -0.4 is 0 Å². The van der Waals surface area contributed by atoms with Gasteiger partial charge in [0.15, 0.2) is 0 Å². The first kappa shape index (κ1) is 20.5. The average molecular weight is 421 g/mol. The third-order valence-corrected chi connectivity index (χ3v) is 4.90. The Labute approximate surface area is 181 Å². The van der Waals surface area contributed by atoms with E-state index in [1.54, 1.807) is 0 Å². The summed E-state index contributed by atoms with van der Waals surface area (Å²) in [7, 11) is 0. The number of aromatic amines is 1.